The quantitative estimate of drug-likeness (QED) is 0.826. The SMILES string of the molecule is C[C@@H](NCc1cc(C(=O)O)co1)C1CCCC1. The highest BCUT2D eigenvalue weighted by Gasteiger charge is 2.21. The molecule has 2 N–H and O–H groups in total. The van der Waals surface area contributed by atoms with Gasteiger partial charge in [0, 0.05) is 6.04 Å². The van der Waals surface area contributed by atoms with Crippen molar-refractivity contribution < 1.29 is 14.3 Å². The Labute approximate surface area is 101 Å². The number of hydrogen-bond acceptors (Lipinski definition) is 3. The first-order chi connectivity index (χ1) is 8.16. The number of aromatic carboxylic acids is 1. The summed E-state index contributed by atoms with van der Waals surface area (Å²) in [6.45, 7) is 2.79. The van der Waals surface area contributed by atoms with Crippen LogP contribution in [0.15, 0.2) is 16.7 Å². The third kappa shape index (κ3) is 3.09. The molecule has 2 rings (SSSR count). The van der Waals surface area contributed by atoms with Crippen molar-refractivity contribution in [2.45, 2.75) is 45.2 Å². The lowest BCUT2D eigenvalue weighted by Gasteiger charge is -2.19. The fourth-order valence-electron chi connectivity index (χ4n) is 2.47. The zero-order valence-electron chi connectivity index (χ0n) is 10.1. The third-order valence-corrected chi connectivity index (χ3v) is 3.61. The second-order valence-electron chi connectivity index (χ2n) is 4.82. The molecule has 0 saturated heterocycles. The van der Waals surface area contributed by atoms with Gasteiger partial charge in [0.1, 0.15) is 12.0 Å². The molecule has 1 saturated carbocycles. The number of carboxylic acid groups (broad SMARTS) is 1. The molecule has 0 spiro atoms. The van der Waals surface area contributed by atoms with Crippen molar-refractivity contribution in [3.63, 3.8) is 0 Å². The van der Waals surface area contributed by atoms with Crippen molar-refractivity contribution in [2.75, 3.05) is 0 Å². The van der Waals surface area contributed by atoms with E-state index in [0.717, 1.165) is 5.92 Å². The Bertz CT molecular complexity index is 380. The monoisotopic (exact) mass is 237 g/mol. The van der Waals surface area contributed by atoms with Crippen LogP contribution in [0.5, 0.6) is 0 Å². The number of hydrogen-bond donors (Lipinski definition) is 2. The summed E-state index contributed by atoms with van der Waals surface area (Å²) in [7, 11) is 0. The average molecular weight is 237 g/mol. The summed E-state index contributed by atoms with van der Waals surface area (Å²) in [5, 5.41) is 12.2. The average Bonchev–Trinajstić information content (AvgIpc) is 2.97. The van der Waals surface area contributed by atoms with E-state index in [0.29, 0.717) is 18.3 Å². The van der Waals surface area contributed by atoms with Crippen LogP contribution in [0.4, 0.5) is 0 Å². The number of furan rings is 1. The smallest absolute Gasteiger partial charge is 0.338 e. The van der Waals surface area contributed by atoms with E-state index in [1.165, 1.54) is 31.9 Å². The summed E-state index contributed by atoms with van der Waals surface area (Å²) in [4.78, 5) is 10.7. The molecule has 4 heteroatoms. The van der Waals surface area contributed by atoms with Crippen LogP contribution in [0.3, 0.4) is 0 Å². The minimum Gasteiger partial charge on any atom is -0.478 e. The highest BCUT2D eigenvalue weighted by molar-refractivity contribution is 5.87. The minimum absolute atomic E-state index is 0.218. The molecule has 0 radical (unpaired) electrons. The van der Waals surface area contributed by atoms with Gasteiger partial charge in [-0.3, -0.25) is 0 Å². The molecule has 1 atom stereocenters. The van der Waals surface area contributed by atoms with Crippen molar-refractivity contribution in [1.29, 1.82) is 0 Å². The summed E-state index contributed by atoms with van der Waals surface area (Å²) in [5.74, 6) is 0.500. The van der Waals surface area contributed by atoms with Gasteiger partial charge in [0.2, 0.25) is 0 Å². The molecule has 0 bridgehead atoms. The first-order valence-corrected chi connectivity index (χ1v) is 6.21. The second kappa shape index (κ2) is 5.36. The van der Waals surface area contributed by atoms with Gasteiger partial charge in [0.15, 0.2) is 0 Å². The summed E-state index contributed by atoms with van der Waals surface area (Å²) in [6.07, 6.45) is 6.56. The molecule has 1 aromatic heterocycles. The predicted octanol–water partition coefficient (Wildman–Crippen LogP) is 2.65. The van der Waals surface area contributed by atoms with E-state index in [4.69, 9.17) is 9.52 Å². The van der Waals surface area contributed by atoms with Crippen molar-refractivity contribution in [2.24, 2.45) is 5.92 Å². The van der Waals surface area contributed by atoms with E-state index in [1.807, 2.05) is 0 Å². The van der Waals surface area contributed by atoms with Crippen LogP contribution in [0.2, 0.25) is 0 Å². The minimum atomic E-state index is -0.941. The first kappa shape index (κ1) is 12.2. The van der Waals surface area contributed by atoms with Crippen molar-refractivity contribution in [1.82, 2.24) is 5.32 Å². The fraction of sp³-hybridized carbons (Fsp3) is 0.615. The molecule has 1 aliphatic rings. The maximum absolute atomic E-state index is 10.7. The summed E-state index contributed by atoms with van der Waals surface area (Å²) < 4.78 is 5.20. The standard InChI is InChI=1S/C13H19NO3/c1-9(10-4-2-3-5-10)14-7-12-6-11(8-17-12)13(15)16/h6,8-10,14H,2-5,7H2,1H3,(H,15,16)/t9-/m1/s1. The van der Waals surface area contributed by atoms with E-state index < -0.39 is 5.97 Å². The van der Waals surface area contributed by atoms with Crippen LogP contribution < -0.4 is 5.32 Å². The van der Waals surface area contributed by atoms with Crippen LogP contribution in [-0.4, -0.2) is 17.1 Å². The van der Waals surface area contributed by atoms with Gasteiger partial charge in [-0.25, -0.2) is 4.79 Å². The molecule has 0 amide bonds. The van der Waals surface area contributed by atoms with Crippen LogP contribution in [0.25, 0.3) is 0 Å². The predicted molar refractivity (Wildman–Crippen MR) is 63.9 cm³/mol. The van der Waals surface area contributed by atoms with E-state index >= 15 is 0 Å². The van der Waals surface area contributed by atoms with Crippen LogP contribution in [0.1, 0.15) is 48.7 Å². The lowest BCUT2D eigenvalue weighted by molar-refractivity contribution is 0.0696. The molecule has 1 fully saturated rings. The Morgan fingerprint density at radius 3 is 2.88 bits per heavy atom. The number of carboxylic acids is 1. The third-order valence-electron chi connectivity index (χ3n) is 3.61. The Hall–Kier alpha value is -1.29. The fourth-order valence-corrected chi connectivity index (χ4v) is 2.47. The highest BCUT2D eigenvalue weighted by atomic mass is 16.4. The number of nitrogens with one attached hydrogen (secondary N) is 1. The van der Waals surface area contributed by atoms with E-state index in [-0.39, 0.29) is 5.56 Å². The van der Waals surface area contributed by atoms with Gasteiger partial charge in [0.25, 0.3) is 0 Å². The van der Waals surface area contributed by atoms with Crippen LogP contribution in [0, 0.1) is 5.92 Å². The summed E-state index contributed by atoms with van der Waals surface area (Å²) >= 11 is 0. The van der Waals surface area contributed by atoms with Gasteiger partial charge in [-0.1, -0.05) is 12.8 Å². The topological polar surface area (TPSA) is 62.5 Å². The molecule has 1 aliphatic carbocycles. The van der Waals surface area contributed by atoms with E-state index in [1.54, 1.807) is 6.07 Å². The molecule has 0 aliphatic heterocycles. The Morgan fingerprint density at radius 1 is 1.59 bits per heavy atom. The van der Waals surface area contributed by atoms with Gasteiger partial charge < -0.3 is 14.8 Å². The summed E-state index contributed by atoms with van der Waals surface area (Å²) in [6, 6.07) is 2.05. The van der Waals surface area contributed by atoms with E-state index in [9.17, 15) is 4.79 Å². The normalized spacial score (nSPS) is 18.4. The van der Waals surface area contributed by atoms with Crippen molar-refractivity contribution >= 4 is 5.97 Å². The second-order valence-corrected chi connectivity index (χ2v) is 4.82. The number of rotatable bonds is 5. The Kier molecular flexibility index (Phi) is 3.84. The number of carbonyl (C=O) groups is 1. The zero-order valence-corrected chi connectivity index (χ0v) is 10.1. The lowest BCUT2D eigenvalue weighted by Crippen LogP contribution is -2.31. The van der Waals surface area contributed by atoms with Crippen molar-refractivity contribution in [3.05, 3.63) is 23.7 Å². The Balaban J connectivity index is 1.82. The zero-order chi connectivity index (χ0) is 12.3. The van der Waals surface area contributed by atoms with E-state index in [2.05, 4.69) is 12.2 Å². The Morgan fingerprint density at radius 2 is 2.29 bits per heavy atom. The maximum atomic E-state index is 10.7. The van der Waals surface area contributed by atoms with Gasteiger partial charge in [0.05, 0.1) is 12.1 Å². The van der Waals surface area contributed by atoms with Crippen molar-refractivity contribution in [3.8, 4) is 0 Å². The van der Waals surface area contributed by atoms with Gasteiger partial charge in [-0.15, -0.1) is 0 Å². The van der Waals surface area contributed by atoms with Crippen LogP contribution >= 0.6 is 0 Å². The van der Waals surface area contributed by atoms with Gasteiger partial charge in [-0.2, -0.15) is 0 Å². The van der Waals surface area contributed by atoms with Crippen LogP contribution in [-0.2, 0) is 6.54 Å². The maximum Gasteiger partial charge on any atom is 0.338 e. The molecule has 17 heavy (non-hydrogen) atoms. The molecule has 94 valence electrons. The molecule has 1 aromatic rings. The van der Waals surface area contributed by atoms with Gasteiger partial charge in [-0.05, 0) is 31.7 Å². The molecule has 0 aromatic carbocycles. The molecule has 0 unspecified atom stereocenters. The molecule has 1 heterocycles. The van der Waals surface area contributed by atoms with Gasteiger partial charge >= 0.3 is 5.97 Å². The largest absolute Gasteiger partial charge is 0.478 e. The highest BCUT2D eigenvalue weighted by Crippen LogP contribution is 2.27. The first-order valence-electron chi connectivity index (χ1n) is 6.21. The lowest BCUT2D eigenvalue weighted by atomic mass is 10.00. The molecular formula is C13H19NO3. The molecular weight excluding hydrogens is 218 g/mol. The summed E-state index contributed by atoms with van der Waals surface area (Å²) in [5.41, 5.74) is 0.218. The molecule has 4 nitrogen and oxygen atoms in total.